The summed E-state index contributed by atoms with van der Waals surface area (Å²) in [5, 5.41) is 12.8. The van der Waals surface area contributed by atoms with Crippen molar-refractivity contribution in [3.63, 3.8) is 0 Å². The molecule has 1 saturated heterocycles. The number of carbonyl (C=O) groups excluding carboxylic acids is 1. The number of ether oxygens (including phenoxy) is 1. The van der Waals surface area contributed by atoms with E-state index >= 15 is 0 Å². The third-order valence-electron chi connectivity index (χ3n) is 5.73. The number of anilines is 1. The summed E-state index contributed by atoms with van der Waals surface area (Å²) in [6.07, 6.45) is 2.14. The Morgan fingerprint density at radius 2 is 1.97 bits per heavy atom. The van der Waals surface area contributed by atoms with Gasteiger partial charge in [0.15, 0.2) is 17.6 Å². The van der Waals surface area contributed by atoms with Crippen molar-refractivity contribution < 1.29 is 9.53 Å². The maximum absolute atomic E-state index is 13.1. The van der Waals surface area contributed by atoms with E-state index in [9.17, 15) is 4.79 Å². The first-order valence-corrected chi connectivity index (χ1v) is 10.2. The molecule has 0 radical (unpaired) electrons. The van der Waals surface area contributed by atoms with E-state index in [1.54, 1.807) is 4.52 Å². The number of rotatable bonds is 2. The van der Waals surface area contributed by atoms with Crippen molar-refractivity contribution in [2.45, 2.75) is 32.3 Å². The van der Waals surface area contributed by atoms with Gasteiger partial charge >= 0.3 is 0 Å². The highest BCUT2D eigenvalue weighted by Crippen LogP contribution is 2.28. The summed E-state index contributed by atoms with van der Waals surface area (Å²) in [6.45, 7) is 4.90. The SMILES string of the molecule is Cc1nnc2ccc(N3CCCN(C(=O)C4CCc5ccccc5O4)CC3)nn12. The van der Waals surface area contributed by atoms with Crippen LogP contribution in [0, 0.1) is 6.92 Å². The van der Waals surface area contributed by atoms with Gasteiger partial charge in [0.25, 0.3) is 5.91 Å². The lowest BCUT2D eigenvalue weighted by Gasteiger charge is -2.30. The highest BCUT2D eigenvalue weighted by atomic mass is 16.5. The van der Waals surface area contributed by atoms with Crippen molar-refractivity contribution in [2.75, 3.05) is 31.1 Å². The molecule has 150 valence electrons. The summed E-state index contributed by atoms with van der Waals surface area (Å²) in [5.41, 5.74) is 1.93. The van der Waals surface area contributed by atoms with Gasteiger partial charge in [-0.3, -0.25) is 4.79 Å². The Morgan fingerprint density at radius 1 is 1.07 bits per heavy atom. The van der Waals surface area contributed by atoms with Gasteiger partial charge in [-0.15, -0.1) is 15.3 Å². The van der Waals surface area contributed by atoms with Crippen LogP contribution in [0.25, 0.3) is 5.65 Å². The number of hydrogen-bond donors (Lipinski definition) is 0. The molecule has 0 aliphatic carbocycles. The van der Waals surface area contributed by atoms with Crippen LogP contribution in [-0.4, -0.2) is 62.9 Å². The Balaban J connectivity index is 1.27. The molecule has 8 heteroatoms. The molecule has 1 unspecified atom stereocenters. The minimum absolute atomic E-state index is 0.0967. The fraction of sp³-hybridized carbons (Fsp3) is 0.429. The highest BCUT2D eigenvalue weighted by Gasteiger charge is 2.31. The molecule has 1 aromatic carbocycles. The molecule has 1 atom stereocenters. The molecule has 2 aliphatic rings. The second kappa shape index (κ2) is 7.35. The molecular weight excluding hydrogens is 368 g/mol. The molecule has 4 heterocycles. The van der Waals surface area contributed by atoms with Crippen LogP contribution < -0.4 is 9.64 Å². The minimum Gasteiger partial charge on any atom is -0.480 e. The maximum atomic E-state index is 13.1. The molecule has 5 rings (SSSR count). The average molecular weight is 392 g/mol. The summed E-state index contributed by atoms with van der Waals surface area (Å²) >= 11 is 0. The lowest BCUT2D eigenvalue weighted by Crippen LogP contribution is -2.45. The molecule has 29 heavy (non-hydrogen) atoms. The van der Waals surface area contributed by atoms with Crippen LogP contribution in [0.5, 0.6) is 5.75 Å². The van der Waals surface area contributed by atoms with Crippen molar-refractivity contribution in [1.29, 1.82) is 0 Å². The predicted octanol–water partition coefficient (Wildman–Crippen LogP) is 1.87. The standard InChI is InChI=1S/C21H24N6O2/c1-15-22-23-19-9-10-20(24-27(15)19)25-11-4-12-26(14-13-25)21(28)18-8-7-16-5-2-3-6-17(16)29-18/h2-3,5-6,9-10,18H,4,7-8,11-14H2,1H3. The van der Waals surface area contributed by atoms with Gasteiger partial charge in [-0.1, -0.05) is 18.2 Å². The van der Waals surface area contributed by atoms with Gasteiger partial charge in [-0.25, -0.2) is 0 Å². The zero-order chi connectivity index (χ0) is 19.8. The van der Waals surface area contributed by atoms with Crippen molar-refractivity contribution in [3.05, 3.63) is 47.8 Å². The third kappa shape index (κ3) is 3.39. The highest BCUT2D eigenvalue weighted by molar-refractivity contribution is 5.81. The molecule has 8 nitrogen and oxygen atoms in total. The van der Waals surface area contributed by atoms with Gasteiger partial charge in [-0.2, -0.15) is 4.52 Å². The van der Waals surface area contributed by atoms with E-state index in [1.807, 2.05) is 42.2 Å². The van der Waals surface area contributed by atoms with Crippen molar-refractivity contribution in [1.82, 2.24) is 24.7 Å². The van der Waals surface area contributed by atoms with Crippen LogP contribution in [0.15, 0.2) is 36.4 Å². The second-order valence-electron chi connectivity index (χ2n) is 7.63. The zero-order valence-corrected chi connectivity index (χ0v) is 16.5. The fourth-order valence-electron chi connectivity index (χ4n) is 4.12. The first kappa shape index (κ1) is 17.9. The number of carbonyl (C=O) groups is 1. The summed E-state index contributed by atoms with van der Waals surface area (Å²) in [7, 11) is 0. The third-order valence-corrected chi connectivity index (χ3v) is 5.73. The Morgan fingerprint density at radius 3 is 2.90 bits per heavy atom. The van der Waals surface area contributed by atoms with Gasteiger partial charge in [0.2, 0.25) is 0 Å². The molecule has 0 spiro atoms. The first-order valence-electron chi connectivity index (χ1n) is 10.2. The topological polar surface area (TPSA) is 75.9 Å². The lowest BCUT2D eigenvalue weighted by atomic mass is 10.0. The molecule has 0 N–H and O–H groups in total. The van der Waals surface area contributed by atoms with Gasteiger partial charge in [0.05, 0.1) is 0 Å². The number of aromatic nitrogens is 4. The predicted molar refractivity (Wildman–Crippen MR) is 108 cm³/mol. The van der Waals surface area contributed by atoms with Crippen LogP contribution in [0.2, 0.25) is 0 Å². The molecule has 1 amide bonds. The van der Waals surface area contributed by atoms with Crippen molar-refractivity contribution in [3.8, 4) is 5.75 Å². The average Bonchev–Trinajstić information content (AvgIpc) is 2.97. The maximum Gasteiger partial charge on any atom is 0.263 e. The van der Waals surface area contributed by atoms with Gasteiger partial charge in [-0.05, 0) is 49.9 Å². The number of nitrogens with zero attached hydrogens (tertiary/aromatic N) is 6. The summed E-state index contributed by atoms with van der Waals surface area (Å²) in [6, 6.07) is 11.9. The Hall–Kier alpha value is -3.16. The van der Waals surface area contributed by atoms with Crippen LogP contribution >= 0.6 is 0 Å². The van der Waals surface area contributed by atoms with E-state index in [0.29, 0.717) is 6.54 Å². The molecule has 0 saturated carbocycles. The minimum atomic E-state index is -0.384. The van der Waals surface area contributed by atoms with E-state index in [-0.39, 0.29) is 12.0 Å². The van der Waals surface area contributed by atoms with Crippen LogP contribution in [-0.2, 0) is 11.2 Å². The van der Waals surface area contributed by atoms with E-state index in [2.05, 4.69) is 26.3 Å². The second-order valence-corrected chi connectivity index (χ2v) is 7.63. The van der Waals surface area contributed by atoms with Crippen LogP contribution in [0.3, 0.4) is 0 Å². The van der Waals surface area contributed by atoms with Gasteiger partial charge in [0.1, 0.15) is 11.6 Å². The molecule has 1 fully saturated rings. The fourth-order valence-corrected chi connectivity index (χ4v) is 4.12. The number of benzene rings is 1. The van der Waals surface area contributed by atoms with E-state index < -0.39 is 0 Å². The van der Waals surface area contributed by atoms with E-state index in [0.717, 1.165) is 61.9 Å². The Kier molecular flexibility index (Phi) is 4.54. The van der Waals surface area contributed by atoms with Crippen LogP contribution in [0.1, 0.15) is 24.2 Å². The monoisotopic (exact) mass is 392 g/mol. The van der Waals surface area contributed by atoms with Gasteiger partial charge < -0.3 is 14.5 Å². The normalized spacial score (nSPS) is 19.6. The first-order chi connectivity index (χ1) is 14.2. The Labute approximate surface area is 169 Å². The van der Waals surface area contributed by atoms with Crippen molar-refractivity contribution >= 4 is 17.4 Å². The molecular formula is C21H24N6O2. The number of aryl methyl sites for hydroxylation is 2. The molecule has 2 aromatic heterocycles. The van der Waals surface area contributed by atoms with Gasteiger partial charge in [0, 0.05) is 26.2 Å². The molecule has 0 bridgehead atoms. The van der Waals surface area contributed by atoms with E-state index in [4.69, 9.17) is 4.74 Å². The molecule has 2 aliphatic heterocycles. The number of para-hydroxylation sites is 1. The number of fused-ring (bicyclic) bond motifs is 2. The molecule has 3 aromatic rings. The quantitative estimate of drug-likeness (QED) is 0.663. The lowest BCUT2D eigenvalue weighted by molar-refractivity contribution is -0.139. The summed E-state index contributed by atoms with van der Waals surface area (Å²) < 4.78 is 7.78. The van der Waals surface area contributed by atoms with Crippen LogP contribution in [0.4, 0.5) is 5.82 Å². The van der Waals surface area contributed by atoms with Crippen molar-refractivity contribution in [2.24, 2.45) is 0 Å². The number of amides is 1. The largest absolute Gasteiger partial charge is 0.480 e. The smallest absolute Gasteiger partial charge is 0.263 e. The number of hydrogen-bond acceptors (Lipinski definition) is 6. The zero-order valence-electron chi connectivity index (χ0n) is 16.5. The van der Waals surface area contributed by atoms with E-state index in [1.165, 1.54) is 5.56 Å². The summed E-state index contributed by atoms with van der Waals surface area (Å²) in [5.74, 6) is 2.59. The summed E-state index contributed by atoms with van der Waals surface area (Å²) in [4.78, 5) is 17.3. The Bertz CT molecular complexity index is 1050.